The standard InChI is InChI=1S/C5H9NO3.Zn/c6-4(3-7)1-2-5(8)9;/h3-4H,1-2,6H2,(H,8,9);/q;+2/p-1/t4-;/m0./s1. The molecule has 0 aromatic carbocycles. The van der Waals surface area contributed by atoms with Gasteiger partial charge in [0.2, 0.25) is 0 Å². The third kappa shape index (κ3) is 7.72. The van der Waals surface area contributed by atoms with Gasteiger partial charge >= 0.3 is 19.5 Å². The second-order valence-electron chi connectivity index (χ2n) is 1.71. The Balaban J connectivity index is 0. The summed E-state index contributed by atoms with van der Waals surface area (Å²) in [4.78, 5) is 19.5. The molecule has 0 amide bonds. The Kier molecular flexibility index (Phi) is 8.48. The van der Waals surface area contributed by atoms with Crippen LogP contribution in [0.4, 0.5) is 0 Å². The molecule has 0 rings (SSSR count). The summed E-state index contributed by atoms with van der Waals surface area (Å²) in [5.74, 6) is -1.17. The summed E-state index contributed by atoms with van der Waals surface area (Å²) < 4.78 is 0. The first-order chi connectivity index (χ1) is 4.16. The Hall–Kier alpha value is -0.277. The van der Waals surface area contributed by atoms with E-state index < -0.39 is 12.0 Å². The van der Waals surface area contributed by atoms with Crippen molar-refractivity contribution in [2.45, 2.75) is 18.9 Å². The molecule has 4 nitrogen and oxygen atoms in total. The SMILES string of the molecule is N[C@H](C=O)CCC(=O)[O-].[Zn+2]. The van der Waals surface area contributed by atoms with Crippen LogP contribution in [0.2, 0.25) is 0 Å². The monoisotopic (exact) mass is 194 g/mol. The van der Waals surface area contributed by atoms with E-state index in [1.807, 2.05) is 0 Å². The molecule has 0 aliphatic carbocycles. The molecule has 2 N–H and O–H groups in total. The Labute approximate surface area is 71.5 Å². The van der Waals surface area contributed by atoms with Gasteiger partial charge in [0.15, 0.2) is 0 Å². The van der Waals surface area contributed by atoms with Gasteiger partial charge in [0.05, 0.1) is 6.04 Å². The smallest absolute Gasteiger partial charge is 0.550 e. The molecule has 0 radical (unpaired) electrons. The summed E-state index contributed by atoms with van der Waals surface area (Å²) in [6, 6.07) is -0.664. The van der Waals surface area contributed by atoms with E-state index in [2.05, 4.69) is 0 Å². The van der Waals surface area contributed by atoms with Crippen LogP contribution in [-0.2, 0) is 29.1 Å². The average molecular weight is 196 g/mol. The first-order valence-corrected chi connectivity index (χ1v) is 2.57. The summed E-state index contributed by atoms with van der Waals surface area (Å²) >= 11 is 0. The van der Waals surface area contributed by atoms with Crippen molar-refractivity contribution in [2.75, 3.05) is 0 Å². The molecule has 0 fully saturated rings. The van der Waals surface area contributed by atoms with Gasteiger partial charge in [-0.05, 0) is 12.8 Å². The van der Waals surface area contributed by atoms with Crippen LogP contribution in [-0.4, -0.2) is 18.3 Å². The van der Waals surface area contributed by atoms with Gasteiger partial charge in [-0.25, -0.2) is 0 Å². The molecule has 0 aliphatic heterocycles. The van der Waals surface area contributed by atoms with E-state index in [0.717, 1.165) is 0 Å². The molecule has 0 saturated heterocycles. The van der Waals surface area contributed by atoms with Crippen molar-refractivity contribution in [3.8, 4) is 0 Å². The number of aliphatic carboxylic acids is 1. The summed E-state index contributed by atoms with van der Waals surface area (Å²) in [6.07, 6.45) is 0.523. The maximum absolute atomic E-state index is 9.78. The van der Waals surface area contributed by atoms with Gasteiger partial charge in [0.25, 0.3) is 0 Å². The summed E-state index contributed by atoms with van der Waals surface area (Å²) in [6.45, 7) is 0. The second kappa shape index (κ2) is 6.84. The number of hydrogen-bond acceptors (Lipinski definition) is 4. The number of carbonyl (C=O) groups is 2. The van der Waals surface area contributed by atoms with Gasteiger partial charge in [0, 0.05) is 5.97 Å². The number of nitrogens with two attached hydrogens (primary N) is 1. The Morgan fingerprint density at radius 1 is 1.70 bits per heavy atom. The molecular weight excluding hydrogens is 187 g/mol. The second-order valence-corrected chi connectivity index (χ2v) is 1.71. The molecule has 0 unspecified atom stereocenters. The van der Waals surface area contributed by atoms with Gasteiger partial charge in [0.1, 0.15) is 6.29 Å². The number of carbonyl (C=O) groups excluding carboxylic acids is 2. The zero-order chi connectivity index (χ0) is 7.28. The van der Waals surface area contributed by atoms with Crippen LogP contribution in [0.25, 0.3) is 0 Å². The van der Waals surface area contributed by atoms with E-state index in [1.165, 1.54) is 0 Å². The fraction of sp³-hybridized carbons (Fsp3) is 0.600. The molecular formula is C5H8NO3Zn+. The molecule has 5 heteroatoms. The van der Waals surface area contributed by atoms with Crippen molar-refractivity contribution in [1.82, 2.24) is 0 Å². The minimum Gasteiger partial charge on any atom is -0.550 e. The molecule has 1 atom stereocenters. The van der Waals surface area contributed by atoms with E-state index in [0.29, 0.717) is 6.29 Å². The fourth-order valence-corrected chi connectivity index (χ4v) is 0.353. The van der Waals surface area contributed by atoms with Crippen LogP contribution >= 0.6 is 0 Å². The molecule has 0 spiro atoms. The van der Waals surface area contributed by atoms with Crippen LogP contribution in [0.5, 0.6) is 0 Å². The normalized spacial score (nSPS) is 11.3. The first-order valence-electron chi connectivity index (χ1n) is 2.57. The molecule has 10 heavy (non-hydrogen) atoms. The van der Waals surface area contributed by atoms with Gasteiger partial charge in [-0.1, -0.05) is 0 Å². The average Bonchev–Trinajstić information content (AvgIpc) is 1.83. The van der Waals surface area contributed by atoms with Crippen LogP contribution < -0.4 is 10.8 Å². The van der Waals surface area contributed by atoms with Crippen LogP contribution in [0.3, 0.4) is 0 Å². The summed E-state index contributed by atoms with van der Waals surface area (Å²) in [5.41, 5.74) is 5.06. The maximum atomic E-state index is 9.78. The number of carboxylic acid groups (broad SMARTS) is 1. The van der Waals surface area contributed by atoms with Gasteiger partial charge in [-0.2, -0.15) is 0 Å². The minimum absolute atomic E-state index is 0. The van der Waals surface area contributed by atoms with Gasteiger partial charge in [-0.15, -0.1) is 0 Å². The third-order valence-corrected chi connectivity index (χ3v) is 0.857. The largest absolute Gasteiger partial charge is 2.00 e. The van der Waals surface area contributed by atoms with Crippen molar-refractivity contribution in [3.63, 3.8) is 0 Å². The molecule has 0 saturated carbocycles. The Morgan fingerprint density at radius 2 is 2.20 bits per heavy atom. The van der Waals surface area contributed by atoms with Crippen molar-refractivity contribution in [2.24, 2.45) is 5.73 Å². The maximum Gasteiger partial charge on any atom is 2.00 e. The Morgan fingerprint density at radius 3 is 2.50 bits per heavy atom. The van der Waals surface area contributed by atoms with E-state index in [1.54, 1.807) is 0 Å². The predicted molar refractivity (Wildman–Crippen MR) is 28.3 cm³/mol. The number of carboxylic acids is 1. The van der Waals surface area contributed by atoms with E-state index >= 15 is 0 Å². The fourth-order valence-electron chi connectivity index (χ4n) is 0.353. The topological polar surface area (TPSA) is 83.2 Å². The molecule has 0 aromatic heterocycles. The van der Waals surface area contributed by atoms with Crippen LogP contribution in [0, 0.1) is 0 Å². The summed E-state index contributed by atoms with van der Waals surface area (Å²) in [5, 5.41) is 9.74. The van der Waals surface area contributed by atoms with E-state index in [-0.39, 0.29) is 32.3 Å². The van der Waals surface area contributed by atoms with Crippen molar-refractivity contribution >= 4 is 12.3 Å². The van der Waals surface area contributed by atoms with Gasteiger partial charge < -0.3 is 20.4 Å². The molecule has 52 valence electrons. The quantitative estimate of drug-likeness (QED) is 0.417. The van der Waals surface area contributed by atoms with Gasteiger partial charge in [-0.3, -0.25) is 0 Å². The van der Waals surface area contributed by atoms with Crippen molar-refractivity contribution in [3.05, 3.63) is 0 Å². The number of hydrogen-bond donors (Lipinski definition) is 1. The van der Waals surface area contributed by atoms with E-state index in [4.69, 9.17) is 5.73 Å². The minimum atomic E-state index is -1.17. The zero-order valence-corrected chi connectivity index (χ0v) is 8.55. The van der Waals surface area contributed by atoms with Crippen molar-refractivity contribution in [1.29, 1.82) is 0 Å². The molecule has 0 heterocycles. The zero-order valence-electron chi connectivity index (χ0n) is 5.58. The number of aldehydes is 1. The Bertz CT molecular complexity index is 117. The third-order valence-electron chi connectivity index (χ3n) is 0.857. The van der Waals surface area contributed by atoms with Crippen LogP contribution in [0.1, 0.15) is 12.8 Å². The molecule has 0 aliphatic rings. The number of rotatable bonds is 4. The molecule has 0 aromatic rings. The first kappa shape index (κ1) is 12.4. The van der Waals surface area contributed by atoms with Crippen LogP contribution in [0.15, 0.2) is 0 Å². The van der Waals surface area contributed by atoms with Crippen molar-refractivity contribution < 1.29 is 34.2 Å². The van der Waals surface area contributed by atoms with E-state index in [9.17, 15) is 14.7 Å². The molecule has 0 bridgehead atoms. The summed E-state index contributed by atoms with van der Waals surface area (Å²) in [7, 11) is 0. The predicted octanol–water partition coefficient (Wildman–Crippen LogP) is -1.96.